The van der Waals surface area contributed by atoms with E-state index in [0.717, 1.165) is 5.82 Å². The Labute approximate surface area is 66.3 Å². The topological polar surface area (TPSA) is 36.4 Å². The molecular formula is C8H11N2O. The first-order chi connectivity index (χ1) is 5.34. The molecule has 0 aromatic carbocycles. The molecule has 3 nitrogen and oxygen atoms in total. The fourth-order valence-corrected chi connectivity index (χ4v) is 0.781. The summed E-state index contributed by atoms with van der Waals surface area (Å²) in [5.41, 5.74) is 0. The number of anilines is 1. The lowest BCUT2D eigenvalue weighted by molar-refractivity contribution is 0.304. The number of pyridine rings is 1. The van der Waals surface area contributed by atoms with Gasteiger partial charge in [-0.25, -0.2) is 4.98 Å². The lowest BCUT2D eigenvalue weighted by atomic mass is 10.4. The van der Waals surface area contributed by atoms with Crippen molar-refractivity contribution in [3.63, 3.8) is 0 Å². The van der Waals surface area contributed by atoms with Gasteiger partial charge in [0.15, 0.2) is 0 Å². The summed E-state index contributed by atoms with van der Waals surface area (Å²) >= 11 is 0. The van der Waals surface area contributed by atoms with Gasteiger partial charge in [0.2, 0.25) is 0 Å². The average Bonchev–Trinajstić information content (AvgIpc) is 2.07. The minimum absolute atomic E-state index is 0.140. The van der Waals surface area contributed by atoms with E-state index in [0.29, 0.717) is 6.54 Å². The van der Waals surface area contributed by atoms with Crippen molar-refractivity contribution >= 4 is 5.82 Å². The molecule has 1 aromatic rings. The van der Waals surface area contributed by atoms with Crippen LogP contribution < -0.4 is 4.90 Å². The quantitative estimate of drug-likeness (QED) is 0.675. The Kier molecular flexibility index (Phi) is 2.86. The standard InChI is InChI=1S/C8H11N2O/c1-10(6-7-11)8-4-2-3-5-9-8/h2-3,5,11H,6-7H2,1H3. The van der Waals surface area contributed by atoms with Gasteiger partial charge in [-0.2, -0.15) is 0 Å². The van der Waals surface area contributed by atoms with Crippen LogP contribution in [0, 0.1) is 6.07 Å². The van der Waals surface area contributed by atoms with Crippen molar-refractivity contribution in [1.82, 2.24) is 4.98 Å². The average molecular weight is 151 g/mol. The normalized spacial score (nSPS) is 9.64. The Morgan fingerprint density at radius 3 is 3.09 bits per heavy atom. The van der Waals surface area contributed by atoms with E-state index in [1.807, 2.05) is 18.0 Å². The van der Waals surface area contributed by atoms with E-state index in [9.17, 15) is 0 Å². The maximum atomic E-state index is 8.61. The molecule has 0 bridgehead atoms. The van der Waals surface area contributed by atoms with Crippen molar-refractivity contribution in [2.45, 2.75) is 0 Å². The second-order valence-electron chi connectivity index (χ2n) is 2.25. The summed E-state index contributed by atoms with van der Waals surface area (Å²) < 4.78 is 0. The molecule has 1 radical (unpaired) electrons. The van der Waals surface area contributed by atoms with Crippen molar-refractivity contribution in [3.05, 3.63) is 24.4 Å². The first-order valence-corrected chi connectivity index (χ1v) is 3.49. The van der Waals surface area contributed by atoms with Gasteiger partial charge >= 0.3 is 0 Å². The van der Waals surface area contributed by atoms with Gasteiger partial charge in [-0.3, -0.25) is 0 Å². The molecule has 1 N–H and O–H groups in total. The summed E-state index contributed by atoms with van der Waals surface area (Å²) in [4.78, 5) is 5.90. The molecule has 0 fully saturated rings. The third-order valence-corrected chi connectivity index (χ3v) is 1.39. The monoisotopic (exact) mass is 151 g/mol. The molecule has 0 atom stereocenters. The van der Waals surface area contributed by atoms with E-state index in [1.54, 1.807) is 12.3 Å². The molecule has 1 heterocycles. The number of likely N-dealkylation sites (N-methyl/N-ethyl adjacent to an activating group) is 1. The van der Waals surface area contributed by atoms with E-state index in [1.165, 1.54) is 0 Å². The fraction of sp³-hybridized carbons (Fsp3) is 0.375. The molecule has 59 valence electrons. The molecule has 0 saturated carbocycles. The fourth-order valence-electron chi connectivity index (χ4n) is 0.781. The molecule has 11 heavy (non-hydrogen) atoms. The predicted octanol–water partition coefficient (Wildman–Crippen LogP) is 0.310. The number of rotatable bonds is 3. The maximum Gasteiger partial charge on any atom is 0.136 e. The zero-order chi connectivity index (χ0) is 8.10. The lowest BCUT2D eigenvalue weighted by Crippen LogP contribution is -2.21. The van der Waals surface area contributed by atoms with E-state index in [4.69, 9.17) is 5.11 Å². The summed E-state index contributed by atoms with van der Waals surface area (Å²) in [7, 11) is 1.87. The Morgan fingerprint density at radius 2 is 2.55 bits per heavy atom. The van der Waals surface area contributed by atoms with Gasteiger partial charge in [-0.15, -0.1) is 0 Å². The first-order valence-electron chi connectivity index (χ1n) is 3.49. The van der Waals surface area contributed by atoms with Crippen molar-refractivity contribution < 1.29 is 5.11 Å². The van der Waals surface area contributed by atoms with Gasteiger partial charge in [0.05, 0.1) is 6.61 Å². The smallest absolute Gasteiger partial charge is 0.136 e. The number of hydrogen-bond donors (Lipinski definition) is 1. The van der Waals surface area contributed by atoms with E-state index in [-0.39, 0.29) is 6.61 Å². The van der Waals surface area contributed by atoms with Crippen molar-refractivity contribution in [1.29, 1.82) is 0 Å². The largest absolute Gasteiger partial charge is 0.395 e. The Balaban J connectivity index is 2.61. The number of aliphatic hydroxyl groups excluding tert-OH is 1. The Bertz CT molecular complexity index is 201. The zero-order valence-corrected chi connectivity index (χ0v) is 6.49. The van der Waals surface area contributed by atoms with E-state index < -0.39 is 0 Å². The predicted molar refractivity (Wildman–Crippen MR) is 43.4 cm³/mol. The molecule has 0 aliphatic carbocycles. The number of nitrogens with zero attached hydrogens (tertiary/aromatic N) is 2. The minimum atomic E-state index is 0.140. The van der Waals surface area contributed by atoms with Gasteiger partial charge in [-0.1, -0.05) is 0 Å². The van der Waals surface area contributed by atoms with Crippen LogP contribution >= 0.6 is 0 Å². The van der Waals surface area contributed by atoms with Gasteiger partial charge < -0.3 is 10.0 Å². The second kappa shape index (κ2) is 3.93. The van der Waals surface area contributed by atoms with Gasteiger partial charge in [0.1, 0.15) is 5.82 Å². The lowest BCUT2D eigenvalue weighted by Gasteiger charge is -2.15. The summed E-state index contributed by atoms with van der Waals surface area (Å²) in [6.07, 6.45) is 1.71. The summed E-state index contributed by atoms with van der Waals surface area (Å²) in [6.45, 7) is 0.731. The van der Waals surface area contributed by atoms with E-state index >= 15 is 0 Å². The molecule has 0 unspecified atom stereocenters. The first kappa shape index (κ1) is 8.01. The minimum Gasteiger partial charge on any atom is -0.395 e. The molecule has 0 amide bonds. The maximum absolute atomic E-state index is 8.61. The van der Waals surface area contributed by atoms with Crippen LogP contribution in [0.25, 0.3) is 0 Å². The number of hydrogen-bond acceptors (Lipinski definition) is 3. The SMILES string of the molecule is CN(CCO)c1[c]cccn1. The van der Waals surface area contributed by atoms with E-state index in [2.05, 4.69) is 11.1 Å². The highest BCUT2D eigenvalue weighted by Crippen LogP contribution is 2.03. The van der Waals surface area contributed by atoms with Gasteiger partial charge in [0.25, 0.3) is 0 Å². The molecule has 0 aliphatic rings. The molecule has 1 rings (SSSR count). The summed E-state index contributed by atoms with van der Waals surface area (Å²) in [5.74, 6) is 0.765. The number of aliphatic hydroxyl groups is 1. The van der Waals surface area contributed by atoms with Crippen LogP contribution in [0.2, 0.25) is 0 Å². The summed E-state index contributed by atoms with van der Waals surface area (Å²) in [6, 6.07) is 6.57. The van der Waals surface area contributed by atoms with Crippen LogP contribution in [0.5, 0.6) is 0 Å². The van der Waals surface area contributed by atoms with Crippen LogP contribution in [0.1, 0.15) is 0 Å². The summed E-state index contributed by atoms with van der Waals surface area (Å²) in [5, 5.41) is 8.61. The Morgan fingerprint density at radius 1 is 1.73 bits per heavy atom. The molecule has 3 heteroatoms. The van der Waals surface area contributed by atoms with Crippen LogP contribution in [-0.2, 0) is 0 Å². The van der Waals surface area contributed by atoms with Gasteiger partial charge in [0, 0.05) is 25.9 Å². The molecule has 0 saturated heterocycles. The van der Waals surface area contributed by atoms with Crippen LogP contribution in [0.3, 0.4) is 0 Å². The Hall–Kier alpha value is -1.09. The highest BCUT2D eigenvalue weighted by atomic mass is 16.3. The highest BCUT2D eigenvalue weighted by Gasteiger charge is 1.98. The number of aromatic nitrogens is 1. The molecule has 1 aromatic heterocycles. The third-order valence-electron chi connectivity index (χ3n) is 1.39. The van der Waals surface area contributed by atoms with Crippen molar-refractivity contribution in [3.8, 4) is 0 Å². The molecule has 0 aliphatic heterocycles. The second-order valence-corrected chi connectivity index (χ2v) is 2.25. The third kappa shape index (κ3) is 2.20. The van der Waals surface area contributed by atoms with Gasteiger partial charge in [-0.05, 0) is 12.1 Å². The molecule has 0 spiro atoms. The van der Waals surface area contributed by atoms with Crippen LogP contribution in [-0.4, -0.2) is 30.3 Å². The van der Waals surface area contributed by atoms with Crippen LogP contribution in [0.15, 0.2) is 18.3 Å². The highest BCUT2D eigenvalue weighted by molar-refractivity contribution is 5.34. The van der Waals surface area contributed by atoms with Crippen molar-refractivity contribution in [2.75, 3.05) is 25.1 Å². The van der Waals surface area contributed by atoms with Crippen molar-refractivity contribution in [2.24, 2.45) is 0 Å². The van der Waals surface area contributed by atoms with Crippen LogP contribution in [0.4, 0.5) is 5.82 Å². The molecular weight excluding hydrogens is 140 g/mol. The zero-order valence-electron chi connectivity index (χ0n) is 6.49.